The lowest BCUT2D eigenvalue weighted by Gasteiger charge is -2.45. The SMILES string of the molecule is CC(C)(C)[Si](F)(OC(CCI)CCc1ccccc1)C(C)(C)C. The van der Waals surface area contributed by atoms with Crippen LogP contribution >= 0.6 is 22.6 Å². The van der Waals surface area contributed by atoms with E-state index in [1.165, 1.54) is 5.56 Å². The molecule has 1 aromatic carbocycles. The standard InChI is InChI=1S/C19H32FIOSi/c1-18(2,3)23(20,19(4,5)6)22-17(14-15-21)13-12-16-10-8-7-9-11-16/h7-11,17H,12-15H2,1-6H3. The molecule has 0 fully saturated rings. The molecule has 0 amide bonds. The lowest BCUT2D eigenvalue weighted by atomic mass is 10.1. The van der Waals surface area contributed by atoms with Crippen LogP contribution in [0.5, 0.6) is 0 Å². The average Bonchev–Trinajstić information content (AvgIpc) is 2.43. The van der Waals surface area contributed by atoms with Crippen LogP contribution in [0.3, 0.4) is 0 Å². The summed E-state index contributed by atoms with van der Waals surface area (Å²) in [6.45, 7) is 11.9. The molecule has 0 saturated carbocycles. The lowest BCUT2D eigenvalue weighted by Crippen LogP contribution is -2.53. The zero-order valence-corrected chi connectivity index (χ0v) is 18.6. The molecule has 1 rings (SSSR count). The van der Waals surface area contributed by atoms with Crippen molar-refractivity contribution < 1.29 is 8.53 Å². The molecule has 0 radical (unpaired) electrons. The second-order valence-electron chi connectivity index (χ2n) is 8.34. The quantitative estimate of drug-likeness (QED) is 0.191. The van der Waals surface area contributed by atoms with Crippen LogP contribution in [0.2, 0.25) is 10.1 Å². The maximum absolute atomic E-state index is 16.0. The molecule has 0 spiro atoms. The zero-order chi connectivity index (χ0) is 17.7. The molecule has 0 aliphatic carbocycles. The number of alkyl halides is 1. The van der Waals surface area contributed by atoms with E-state index in [9.17, 15) is 0 Å². The Morgan fingerprint density at radius 3 is 1.96 bits per heavy atom. The Labute approximate surface area is 156 Å². The Kier molecular flexibility index (Phi) is 7.74. The average molecular weight is 450 g/mol. The Bertz CT molecular complexity index is 450. The van der Waals surface area contributed by atoms with Gasteiger partial charge in [0.15, 0.2) is 0 Å². The van der Waals surface area contributed by atoms with Crippen LogP contribution in [0, 0.1) is 0 Å². The lowest BCUT2D eigenvalue weighted by molar-refractivity contribution is 0.126. The van der Waals surface area contributed by atoms with Gasteiger partial charge in [-0.1, -0.05) is 94.5 Å². The molecular weight excluding hydrogens is 418 g/mol. The van der Waals surface area contributed by atoms with Gasteiger partial charge in [-0.2, -0.15) is 0 Å². The highest BCUT2D eigenvalue weighted by molar-refractivity contribution is 14.1. The molecule has 0 aliphatic heterocycles. The van der Waals surface area contributed by atoms with Crippen molar-refractivity contribution >= 4 is 31.2 Å². The zero-order valence-electron chi connectivity index (χ0n) is 15.5. The van der Waals surface area contributed by atoms with E-state index in [1.807, 2.05) is 47.6 Å². The molecule has 1 atom stereocenters. The molecule has 1 aromatic rings. The normalized spacial score (nSPS) is 14.8. The molecule has 0 bridgehead atoms. The second kappa shape index (κ2) is 8.43. The molecule has 0 aliphatic rings. The van der Waals surface area contributed by atoms with Gasteiger partial charge in [-0.25, -0.2) is 0 Å². The van der Waals surface area contributed by atoms with Crippen LogP contribution in [-0.2, 0) is 10.8 Å². The van der Waals surface area contributed by atoms with Crippen molar-refractivity contribution in [2.45, 2.75) is 77.0 Å². The van der Waals surface area contributed by atoms with Crippen molar-refractivity contribution in [3.05, 3.63) is 35.9 Å². The maximum atomic E-state index is 16.0. The fraction of sp³-hybridized carbons (Fsp3) is 0.684. The minimum absolute atomic E-state index is 0.00206. The Balaban J connectivity index is 2.87. The number of halogens is 2. The van der Waals surface area contributed by atoms with Crippen LogP contribution in [0.4, 0.5) is 4.11 Å². The van der Waals surface area contributed by atoms with E-state index in [0.717, 1.165) is 23.7 Å². The molecule has 0 saturated heterocycles. The number of hydrogen-bond acceptors (Lipinski definition) is 1. The van der Waals surface area contributed by atoms with E-state index in [0.29, 0.717) is 0 Å². The van der Waals surface area contributed by atoms with Crippen LogP contribution in [0.15, 0.2) is 30.3 Å². The van der Waals surface area contributed by atoms with Gasteiger partial charge >= 0.3 is 8.65 Å². The predicted molar refractivity (Wildman–Crippen MR) is 109 cm³/mol. The number of rotatable bonds is 7. The minimum Gasteiger partial charge on any atom is -0.388 e. The van der Waals surface area contributed by atoms with Gasteiger partial charge in [-0.15, -0.1) is 0 Å². The summed E-state index contributed by atoms with van der Waals surface area (Å²) in [7, 11) is -3.39. The monoisotopic (exact) mass is 450 g/mol. The van der Waals surface area contributed by atoms with Crippen molar-refractivity contribution in [2.24, 2.45) is 0 Å². The van der Waals surface area contributed by atoms with E-state index in [2.05, 4.69) is 46.9 Å². The van der Waals surface area contributed by atoms with Crippen molar-refractivity contribution in [1.29, 1.82) is 0 Å². The molecule has 23 heavy (non-hydrogen) atoms. The fourth-order valence-corrected chi connectivity index (χ4v) is 7.41. The van der Waals surface area contributed by atoms with Crippen LogP contribution in [0.25, 0.3) is 0 Å². The van der Waals surface area contributed by atoms with Crippen molar-refractivity contribution in [3.8, 4) is 0 Å². The first-order chi connectivity index (χ1) is 10.5. The first-order valence-electron chi connectivity index (χ1n) is 8.48. The van der Waals surface area contributed by atoms with Gasteiger partial charge in [0.25, 0.3) is 0 Å². The molecule has 132 valence electrons. The summed E-state index contributed by atoms with van der Waals surface area (Å²) in [5.41, 5.74) is 1.30. The van der Waals surface area contributed by atoms with Crippen LogP contribution in [0.1, 0.15) is 59.9 Å². The summed E-state index contributed by atoms with van der Waals surface area (Å²) < 4.78 is 23.3. The van der Waals surface area contributed by atoms with Gasteiger partial charge in [0.2, 0.25) is 0 Å². The summed E-state index contributed by atoms with van der Waals surface area (Å²) in [6.07, 6.45) is 2.75. The van der Waals surface area contributed by atoms with Crippen molar-refractivity contribution in [3.63, 3.8) is 0 Å². The highest BCUT2D eigenvalue weighted by Crippen LogP contribution is 2.53. The summed E-state index contributed by atoms with van der Waals surface area (Å²) in [6, 6.07) is 10.4. The van der Waals surface area contributed by atoms with Gasteiger partial charge in [-0.3, -0.25) is 4.11 Å². The van der Waals surface area contributed by atoms with Gasteiger partial charge < -0.3 is 4.43 Å². The Morgan fingerprint density at radius 2 is 1.52 bits per heavy atom. The number of benzene rings is 1. The van der Waals surface area contributed by atoms with Crippen LogP contribution in [-0.4, -0.2) is 19.2 Å². The first-order valence-corrected chi connectivity index (χ1v) is 11.8. The highest BCUT2D eigenvalue weighted by Gasteiger charge is 2.58. The van der Waals surface area contributed by atoms with Crippen molar-refractivity contribution in [1.82, 2.24) is 0 Å². The third-order valence-electron chi connectivity index (χ3n) is 4.29. The smallest absolute Gasteiger partial charge is 0.388 e. The van der Waals surface area contributed by atoms with Crippen LogP contribution < -0.4 is 0 Å². The minimum atomic E-state index is -3.39. The molecule has 1 unspecified atom stereocenters. The van der Waals surface area contributed by atoms with Crippen molar-refractivity contribution in [2.75, 3.05) is 4.43 Å². The molecule has 4 heteroatoms. The molecular formula is C19H32FIOSi. The van der Waals surface area contributed by atoms with Gasteiger partial charge in [0.05, 0.1) is 0 Å². The Hall–Kier alpha value is 0.0569. The topological polar surface area (TPSA) is 9.23 Å². The van der Waals surface area contributed by atoms with E-state index >= 15 is 4.11 Å². The van der Waals surface area contributed by atoms with Gasteiger partial charge in [0, 0.05) is 20.6 Å². The van der Waals surface area contributed by atoms with E-state index in [1.54, 1.807) is 0 Å². The molecule has 0 heterocycles. The summed E-state index contributed by atoms with van der Waals surface area (Å²) in [5.74, 6) is 0. The summed E-state index contributed by atoms with van der Waals surface area (Å²) >= 11 is 2.36. The third kappa shape index (κ3) is 5.82. The second-order valence-corrected chi connectivity index (χ2v) is 13.8. The Morgan fingerprint density at radius 1 is 1.00 bits per heavy atom. The summed E-state index contributed by atoms with van der Waals surface area (Å²) in [5, 5.41) is -0.858. The van der Waals surface area contributed by atoms with Gasteiger partial charge in [0.1, 0.15) is 0 Å². The third-order valence-corrected chi connectivity index (χ3v) is 9.43. The van der Waals surface area contributed by atoms with Gasteiger partial charge in [-0.05, 0) is 24.8 Å². The maximum Gasteiger partial charge on any atom is 0.394 e. The molecule has 0 N–H and O–H groups in total. The summed E-state index contributed by atoms with van der Waals surface area (Å²) in [4.78, 5) is 0. The van der Waals surface area contributed by atoms with E-state index in [4.69, 9.17) is 4.43 Å². The number of aryl methyl sites for hydroxylation is 1. The highest BCUT2D eigenvalue weighted by atomic mass is 127. The fourth-order valence-electron chi connectivity index (χ4n) is 3.06. The number of hydrogen-bond donors (Lipinski definition) is 0. The first kappa shape index (κ1) is 21.1. The molecule has 0 aromatic heterocycles. The largest absolute Gasteiger partial charge is 0.394 e. The van der Waals surface area contributed by atoms with E-state index < -0.39 is 18.7 Å². The van der Waals surface area contributed by atoms with E-state index in [-0.39, 0.29) is 6.10 Å². The predicted octanol–water partition coefficient (Wildman–Crippen LogP) is 6.84. The molecule has 1 nitrogen and oxygen atoms in total.